The second-order valence-corrected chi connectivity index (χ2v) is 6.94. The van der Waals surface area contributed by atoms with Gasteiger partial charge in [0, 0.05) is 31.5 Å². The van der Waals surface area contributed by atoms with Crippen molar-refractivity contribution in [2.45, 2.75) is 44.9 Å². The molecule has 2 fully saturated rings. The van der Waals surface area contributed by atoms with E-state index >= 15 is 0 Å². The summed E-state index contributed by atoms with van der Waals surface area (Å²) in [6.45, 7) is 6.72. The van der Waals surface area contributed by atoms with Crippen molar-refractivity contribution in [3.05, 3.63) is 35.4 Å². The van der Waals surface area contributed by atoms with Gasteiger partial charge >= 0.3 is 5.97 Å². The van der Waals surface area contributed by atoms with Crippen LogP contribution in [0.2, 0.25) is 0 Å². The maximum Gasteiger partial charge on any atom is 0.328 e. The largest absolute Gasteiger partial charge is 0.480 e. The SMILES string of the molecule is CCCN1CCC2(CC1)OCC(C(=O)O)N2C(=O)c1ccccc1C. The molecule has 0 saturated carbocycles. The highest BCUT2D eigenvalue weighted by Gasteiger charge is 2.54. The van der Waals surface area contributed by atoms with E-state index in [9.17, 15) is 14.7 Å². The van der Waals surface area contributed by atoms with Crippen LogP contribution in [-0.2, 0) is 9.53 Å². The molecule has 1 spiro atoms. The van der Waals surface area contributed by atoms with E-state index in [1.54, 1.807) is 6.07 Å². The molecule has 2 heterocycles. The van der Waals surface area contributed by atoms with Crippen LogP contribution < -0.4 is 0 Å². The number of aryl methyl sites for hydroxylation is 1. The lowest BCUT2D eigenvalue weighted by atomic mass is 9.96. The first-order valence-corrected chi connectivity index (χ1v) is 8.97. The molecule has 1 atom stereocenters. The summed E-state index contributed by atoms with van der Waals surface area (Å²) in [5.74, 6) is -1.25. The van der Waals surface area contributed by atoms with Gasteiger partial charge in [-0.05, 0) is 31.5 Å². The van der Waals surface area contributed by atoms with E-state index in [1.165, 1.54) is 4.90 Å². The molecule has 1 N–H and O–H groups in total. The smallest absolute Gasteiger partial charge is 0.328 e. The summed E-state index contributed by atoms with van der Waals surface area (Å²) in [5, 5.41) is 9.61. The third-order valence-electron chi connectivity index (χ3n) is 5.32. The van der Waals surface area contributed by atoms with Crippen molar-refractivity contribution >= 4 is 11.9 Å². The normalized spacial score (nSPS) is 23.1. The number of rotatable bonds is 4. The van der Waals surface area contributed by atoms with Crippen LogP contribution >= 0.6 is 0 Å². The molecule has 1 unspecified atom stereocenters. The zero-order valence-electron chi connectivity index (χ0n) is 14.9. The molecule has 2 aliphatic heterocycles. The summed E-state index contributed by atoms with van der Waals surface area (Å²) in [4.78, 5) is 28.8. The van der Waals surface area contributed by atoms with Gasteiger partial charge in [0.25, 0.3) is 5.91 Å². The van der Waals surface area contributed by atoms with E-state index in [2.05, 4.69) is 11.8 Å². The summed E-state index contributed by atoms with van der Waals surface area (Å²) in [6.07, 6.45) is 2.38. The molecule has 1 aromatic rings. The molecule has 6 nitrogen and oxygen atoms in total. The number of carboxylic acid groups (broad SMARTS) is 1. The Balaban J connectivity index is 1.90. The number of hydrogen-bond donors (Lipinski definition) is 1. The zero-order valence-corrected chi connectivity index (χ0v) is 14.9. The van der Waals surface area contributed by atoms with Crippen molar-refractivity contribution in [1.29, 1.82) is 0 Å². The number of carboxylic acids is 1. The van der Waals surface area contributed by atoms with Crippen LogP contribution in [0, 0.1) is 6.92 Å². The van der Waals surface area contributed by atoms with Crippen molar-refractivity contribution in [2.24, 2.45) is 0 Å². The first-order valence-electron chi connectivity index (χ1n) is 8.97. The van der Waals surface area contributed by atoms with Gasteiger partial charge in [-0.1, -0.05) is 25.1 Å². The number of nitrogens with zero attached hydrogens (tertiary/aromatic N) is 2. The van der Waals surface area contributed by atoms with Crippen molar-refractivity contribution in [1.82, 2.24) is 9.80 Å². The first-order chi connectivity index (χ1) is 12.0. The molecular formula is C19H26N2O4. The number of hydrogen-bond acceptors (Lipinski definition) is 4. The Kier molecular flexibility index (Phi) is 5.11. The number of aliphatic carboxylic acids is 1. The standard InChI is InChI=1S/C19H26N2O4/c1-3-10-20-11-8-19(9-12-20)21(16(13-25-19)18(23)24)17(22)15-7-5-4-6-14(15)2/h4-7,16H,3,8-13H2,1-2H3,(H,23,24). The number of piperidine rings is 1. The molecular weight excluding hydrogens is 320 g/mol. The van der Waals surface area contributed by atoms with Gasteiger partial charge in [-0.3, -0.25) is 9.69 Å². The summed E-state index contributed by atoms with van der Waals surface area (Å²) in [7, 11) is 0. The maximum atomic E-state index is 13.2. The van der Waals surface area contributed by atoms with Gasteiger partial charge in [0.15, 0.2) is 6.04 Å². The molecule has 1 amide bonds. The minimum absolute atomic E-state index is 0.0563. The number of carbonyl (C=O) groups excluding carboxylic acids is 1. The van der Waals surface area contributed by atoms with Crippen LogP contribution in [0.15, 0.2) is 24.3 Å². The first kappa shape index (κ1) is 17.9. The second-order valence-electron chi connectivity index (χ2n) is 6.94. The Morgan fingerprint density at radius 1 is 1.28 bits per heavy atom. The number of benzene rings is 1. The van der Waals surface area contributed by atoms with E-state index in [0.717, 1.165) is 31.6 Å². The van der Waals surface area contributed by atoms with Gasteiger partial charge in [-0.15, -0.1) is 0 Å². The average Bonchev–Trinajstić information content (AvgIpc) is 2.96. The fourth-order valence-corrected chi connectivity index (χ4v) is 3.94. The number of likely N-dealkylation sites (tertiary alicyclic amines) is 1. The molecule has 0 aromatic heterocycles. The van der Waals surface area contributed by atoms with Crippen LogP contribution in [0.25, 0.3) is 0 Å². The maximum absolute atomic E-state index is 13.2. The topological polar surface area (TPSA) is 70.1 Å². The van der Waals surface area contributed by atoms with E-state index in [-0.39, 0.29) is 12.5 Å². The molecule has 6 heteroatoms. The summed E-state index contributed by atoms with van der Waals surface area (Å²) in [5.41, 5.74) is 0.601. The molecule has 0 radical (unpaired) electrons. The number of amides is 1. The zero-order chi connectivity index (χ0) is 18.0. The Bertz CT molecular complexity index is 653. The minimum atomic E-state index is -1.00. The van der Waals surface area contributed by atoms with Gasteiger partial charge in [0.1, 0.15) is 5.72 Å². The molecule has 1 aromatic carbocycles. The van der Waals surface area contributed by atoms with Crippen molar-refractivity contribution in [3.8, 4) is 0 Å². The third kappa shape index (κ3) is 3.28. The molecule has 136 valence electrons. The monoisotopic (exact) mass is 346 g/mol. The quantitative estimate of drug-likeness (QED) is 0.904. The molecule has 3 rings (SSSR count). The summed E-state index contributed by atoms with van der Waals surface area (Å²) >= 11 is 0. The second kappa shape index (κ2) is 7.14. The Morgan fingerprint density at radius 2 is 1.96 bits per heavy atom. The fraction of sp³-hybridized carbons (Fsp3) is 0.579. The van der Waals surface area contributed by atoms with Gasteiger partial charge in [0.2, 0.25) is 0 Å². The lowest BCUT2D eigenvalue weighted by Crippen LogP contribution is -2.58. The molecule has 2 aliphatic rings. The number of carbonyl (C=O) groups is 2. The van der Waals surface area contributed by atoms with Gasteiger partial charge in [-0.2, -0.15) is 0 Å². The van der Waals surface area contributed by atoms with Gasteiger partial charge < -0.3 is 14.7 Å². The molecule has 0 aliphatic carbocycles. The van der Waals surface area contributed by atoms with Crippen molar-refractivity contribution in [2.75, 3.05) is 26.2 Å². The predicted molar refractivity (Wildman–Crippen MR) is 93.4 cm³/mol. The number of ether oxygens (including phenoxy) is 1. The van der Waals surface area contributed by atoms with Gasteiger partial charge in [0.05, 0.1) is 6.61 Å². The lowest BCUT2D eigenvalue weighted by molar-refractivity contribution is -0.143. The van der Waals surface area contributed by atoms with Crippen LogP contribution in [0.5, 0.6) is 0 Å². The molecule has 0 bridgehead atoms. The summed E-state index contributed by atoms with van der Waals surface area (Å²) in [6, 6.07) is 6.39. The van der Waals surface area contributed by atoms with Crippen LogP contribution in [-0.4, -0.2) is 64.8 Å². The lowest BCUT2D eigenvalue weighted by Gasteiger charge is -2.44. The summed E-state index contributed by atoms with van der Waals surface area (Å²) < 4.78 is 5.97. The van der Waals surface area contributed by atoms with E-state index in [1.807, 2.05) is 25.1 Å². The Hall–Kier alpha value is -1.92. The van der Waals surface area contributed by atoms with Crippen molar-refractivity contribution < 1.29 is 19.4 Å². The Morgan fingerprint density at radius 3 is 2.56 bits per heavy atom. The van der Waals surface area contributed by atoms with E-state index in [0.29, 0.717) is 18.4 Å². The van der Waals surface area contributed by atoms with Crippen LogP contribution in [0.1, 0.15) is 42.1 Å². The highest BCUT2D eigenvalue weighted by atomic mass is 16.5. The van der Waals surface area contributed by atoms with E-state index in [4.69, 9.17) is 4.74 Å². The van der Waals surface area contributed by atoms with Crippen LogP contribution in [0.4, 0.5) is 0 Å². The van der Waals surface area contributed by atoms with Gasteiger partial charge in [-0.25, -0.2) is 4.79 Å². The highest BCUT2D eigenvalue weighted by molar-refractivity contribution is 5.98. The highest BCUT2D eigenvalue weighted by Crippen LogP contribution is 2.38. The minimum Gasteiger partial charge on any atom is -0.480 e. The Labute approximate surface area is 148 Å². The molecule has 2 saturated heterocycles. The predicted octanol–water partition coefficient (Wildman–Crippen LogP) is 2.12. The fourth-order valence-electron chi connectivity index (χ4n) is 3.94. The average molecular weight is 346 g/mol. The molecule has 25 heavy (non-hydrogen) atoms. The van der Waals surface area contributed by atoms with Crippen LogP contribution in [0.3, 0.4) is 0 Å². The van der Waals surface area contributed by atoms with Crippen molar-refractivity contribution in [3.63, 3.8) is 0 Å². The van der Waals surface area contributed by atoms with E-state index < -0.39 is 17.7 Å². The third-order valence-corrected chi connectivity index (χ3v) is 5.32.